The van der Waals surface area contributed by atoms with Crippen molar-refractivity contribution in [2.45, 2.75) is 25.8 Å². The van der Waals surface area contributed by atoms with Crippen molar-refractivity contribution in [1.82, 2.24) is 9.97 Å². The van der Waals surface area contributed by atoms with Crippen molar-refractivity contribution in [1.29, 1.82) is 0 Å². The molecule has 3 rings (SSSR count). The summed E-state index contributed by atoms with van der Waals surface area (Å²) in [6.07, 6.45) is 4.73. The standard InChI is InChI=1S/C14H14FN3/c15-12-6-2-1-4-10(12)8-16-14-11-5-3-7-13(11)17-9-18-14/h1-2,4,6,9H,3,5,7-8H2,(H,16,17,18). The Balaban J connectivity index is 1.78. The minimum Gasteiger partial charge on any atom is -0.366 e. The average molecular weight is 243 g/mol. The minimum absolute atomic E-state index is 0.185. The summed E-state index contributed by atoms with van der Waals surface area (Å²) >= 11 is 0. The van der Waals surface area contributed by atoms with Gasteiger partial charge >= 0.3 is 0 Å². The number of hydrogen-bond donors (Lipinski definition) is 1. The Bertz CT molecular complexity index is 569. The van der Waals surface area contributed by atoms with Gasteiger partial charge in [0.1, 0.15) is 18.0 Å². The van der Waals surface area contributed by atoms with Crippen molar-refractivity contribution in [2.75, 3.05) is 5.32 Å². The number of rotatable bonds is 3. The molecular formula is C14H14FN3. The van der Waals surface area contributed by atoms with E-state index < -0.39 is 0 Å². The number of hydrogen-bond acceptors (Lipinski definition) is 3. The average Bonchev–Trinajstić information content (AvgIpc) is 2.86. The van der Waals surface area contributed by atoms with Crippen LogP contribution in [0.1, 0.15) is 23.2 Å². The number of halogens is 1. The normalized spacial score (nSPS) is 13.4. The molecule has 0 unspecified atom stereocenters. The van der Waals surface area contributed by atoms with E-state index in [0.29, 0.717) is 12.1 Å². The number of benzene rings is 1. The molecule has 4 heteroatoms. The maximum Gasteiger partial charge on any atom is 0.133 e. The van der Waals surface area contributed by atoms with E-state index in [1.54, 1.807) is 18.5 Å². The van der Waals surface area contributed by atoms with Crippen LogP contribution in [0, 0.1) is 5.82 Å². The molecule has 2 aromatic rings. The fraction of sp³-hybridized carbons (Fsp3) is 0.286. The van der Waals surface area contributed by atoms with E-state index in [4.69, 9.17) is 0 Å². The van der Waals surface area contributed by atoms with Crippen LogP contribution < -0.4 is 5.32 Å². The van der Waals surface area contributed by atoms with Gasteiger partial charge in [0.2, 0.25) is 0 Å². The third kappa shape index (κ3) is 2.06. The van der Waals surface area contributed by atoms with Gasteiger partial charge in [-0.2, -0.15) is 0 Å². The lowest BCUT2D eigenvalue weighted by atomic mass is 10.2. The topological polar surface area (TPSA) is 37.8 Å². The first-order valence-electron chi connectivity index (χ1n) is 6.14. The van der Waals surface area contributed by atoms with Crippen LogP contribution in [0.5, 0.6) is 0 Å². The summed E-state index contributed by atoms with van der Waals surface area (Å²) in [5.41, 5.74) is 2.97. The highest BCUT2D eigenvalue weighted by molar-refractivity contribution is 5.48. The molecule has 0 spiro atoms. The highest BCUT2D eigenvalue weighted by Gasteiger charge is 2.16. The van der Waals surface area contributed by atoms with Gasteiger partial charge in [-0.3, -0.25) is 0 Å². The molecule has 1 N–H and O–H groups in total. The fourth-order valence-corrected chi connectivity index (χ4v) is 2.33. The molecule has 0 bridgehead atoms. The molecule has 0 aliphatic heterocycles. The van der Waals surface area contributed by atoms with Crippen LogP contribution in [-0.4, -0.2) is 9.97 Å². The Labute approximate surface area is 105 Å². The molecule has 0 atom stereocenters. The summed E-state index contributed by atoms with van der Waals surface area (Å²) in [5.74, 6) is 0.663. The first-order chi connectivity index (χ1) is 8.84. The molecule has 18 heavy (non-hydrogen) atoms. The summed E-state index contributed by atoms with van der Waals surface area (Å²) in [7, 11) is 0. The third-order valence-electron chi connectivity index (χ3n) is 3.28. The van der Waals surface area contributed by atoms with E-state index in [1.165, 1.54) is 11.6 Å². The SMILES string of the molecule is Fc1ccccc1CNc1ncnc2c1CCC2. The maximum absolute atomic E-state index is 13.5. The van der Waals surface area contributed by atoms with E-state index in [1.807, 2.05) is 6.07 Å². The maximum atomic E-state index is 13.5. The first kappa shape index (κ1) is 11.1. The van der Waals surface area contributed by atoms with Crippen molar-refractivity contribution in [2.24, 2.45) is 0 Å². The number of anilines is 1. The molecule has 0 radical (unpaired) electrons. The van der Waals surface area contributed by atoms with Crippen molar-refractivity contribution in [3.05, 3.63) is 53.2 Å². The van der Waals surface area contributed by atoms with Crippen LogP contribution in [-0.2, 0) is 19.4 Å². The lowest BCUT2D eigenvalue weighted by Crippen LogP contribution is -2.06. The monoisotopic (exact) mass is 243 g/mol. The Hall–Kier alpha value is -1.97. The van der Waals surface area contributed by atoms with Crippen LogP contribution in [0.3, 0.4) is 0 Å². The molecule has 1 aromatic carbocycles. The first-order valence-corrected chi connectivity index (χ1v) is 6.14. The van der Waals surface area contributed by atoms with Crippen molar-refractivity contribution in [3.63, 3.8) is 0 Å². The van der Waals surface area contributed by atoms with Gasteiger partial charge in [-0.05, 0) is 25.3 Å². The minimum atomic E-state index is -0.185. The third-order valence-corrected chi connectivity index (χ3v) is 3.28. The van der Waals surface area contributed by atoms with Crippen LogP contribution in [0.15, 0.2) is 30.6 Å². The second-order valence-corrected chi connectivity index (χ2v) is 4.45. The van der Waals surface area contributed by atoms with Gasteiger partial charge < -0.3 is 5.32 Å². The second-order valence-electron chi connectivity index (χ2n) is 4.45. The number of nitrogens with one attached hydrogen (secondary N) is 1. The molecule has 0 amide bonds. The zero-order chi connectivity index (χ0) is 12.4. The molecule has 0 saturated carbocycles. The lowest BCUT2D eigenvalue weighted by molar-refractivity contribution is 0.613. The second kappa shape index (κ2) is 4.72. The summed E-state index contributed by atoms with van der Waals surface area (Å²) in [6.45, 7) is 0.454. The molecule has 0 saturated heterocycles. The molecule has 0 fully saturated rings. The van der Waals surface area contributed by atoms with Crippen LogP contribution in [0.4, 0.5) is 10.2 Å². The highest BCUT2D eigenvalue weighted by atomic mass is 19.1. The fourth-order valence-electron chi connectivity index (χ4n) is 2.33. The molecule has 1 aliphatic rings. The summed E-state index contributed by atoms with van der Waals surface area (Å²) < 4.78 is 13.5. The van der Waals surface area contributed by atoms with Crippen molar-refractivity contribution < 1.29 is 4.39 Å². The van der Waals surface area contributed by atoms with Crippen molar-refractivity contribution >= 4 is 5.82 Å². The molecule has 1 aliphatic carbocycles. The number of fused-ring (bicyclic) bond motifs is 1. The quantitative estimate of drug-likeness (QED) is 0.900. The number of aryl methyl sites for hydroxylation is 1. The van der Waals surface area contributed by atoms with Gasteiger partial charge in [-0.1, -0.05) is 18.2 Å². The van der Waals surface area contributed by atoms with Gasteiger partial charge in [-0.15, -0.1) is 0 Å². The number of aromatic nitrogens is 2. The van der Waals surface area contributed by atoms with Gasteiger partial charge in [0.25, 0.3) is 0 Å². The summed E-state index contributed by atoms with van der Waals surface area (Å²) in [5, 5.41) is 3.21. The van der Waals surface area contributed by atoms with Gasteiger partial charge in [-0.25, -0.2) is 14.4 Å². The predicted molar refractivity (Wildman–Crippen MR) is 67.8 cm³/mol. The van der Waals surface area contributed by atoms with Crippen LogP contribution >= 0.6 is 0 Å². The number of nitrogens with zero attached hydrogens (tertiary/aromatic N) is 2. The molecule has 92 valence electrons. The highest BCUT2D eigenvalue weighted by Crippen LogP contribution is 2.25. The van der Waals surface area contributed by atoms with Crippen molar-refractivity contribution in [3.8, 4) is 0 Å². The smallest absolute Gasteiger partial charge is 0.133 e. The van der Waals surface area contributed by atoms with Gasteiger partial charge in [0.05, 0.1) is 0 Å². The molecule has 1 heterocycles. The van der Waals surface area contributed by atoms with E-state index in [-0.39, 0.29) is 5.82 Å². The molecular weight excluding hydrogens is 229 g/mol. The zero-order valence-electron chi connectivity index (χ0n) is 9.99. The Morgan fingerprint density at radius 1 is 1.17 bits per heavy atom. The Morgan fingerprint density at radius 2 is 2.06 bits per heavy atom. The van der Waals surface area contributed by atoms with E-state index >= 15 is 0 Å². The predicted octanol–water partition coefficient (Wildman–Crippen LogP) is 2.72. The van der Waals surface area contributed by atoms with Gasteiger partial charge in [0.15, 0.2) is 0 Å². The van der Waals surface area contributed by atoms with Crippen LogP contribution in [0.2, 0.25) is 0 Å². The summed E-state index contributed by atoms with van der Waals surface area (Å²) in [6, 6.07) is 6.79. The zero-order valence-corrected chi connectivity index (χ0v) is 9.99. The van der Waals surface area contributed by atoms with Crippen LogP contribution in [0.25, 0.3) is 0 Å². The van der Waals surface area contributed by atoms with E-state index in [9.17, 15) is 4.39 Å². The van der Waals surface area contributed by atoms with E-state index in [2.05, 4.69) is 15.3 Å². The Morgan fingerprint density at radius 3 is 2.94 bits per heavy atom. The van der Waals surface area contributed by atoms with E-state index in [0.717, 1.165) is 30.8 Å². The van der Waals surface area contributed by atoms with Gasteiger partial charge in [0, 0.05) is 23.4 Å². The largest absolute Gasteiger partial charge is 0.366 e. The Kier molecular flexibility index (Phi) is 2.92. The molecule has 3 nitrogen and oxygen atoms in total. The lowest BCUT2D eigenvalue weighted by Gasteiger charge is -2.09. The molecule has 1 aromatic heterocycles. The summed E-state index contributed by atoms with van der Waals surface area (Å²) in [4.78, 5) is 8.52.